The van der Waals surface area contributed by atoms with Crippen LogP contribution in [0, 0.1) is 5.92 Å². The van der Waals surface area contributed by atoms with Crippen molar-refractivity contribution in [2.24, 2.45) is 5.92 Å². The van der Waals surface area contributed by atoms with E-state index in [-0.39, 0.29) is 5.92 Å². The number of halogens is 4. The fraction of sp³-hybridized carbons (Fsp3) is 0.500. The van der Waals surface area contributed by atoms with Gasteiger partial charge in [0.15, 0.2) is 0 Å². The minimum Gasteiger partial charge on any atom is -0.444 e. The molecule has 1 N–H and O–H groups in total. The van der Waals surface area contributed by atoms with Crippen LogP contribution in [0.15, 0.2) is 46.9 Å². The van der Waals surface area contributed by atoms with Crippen LogP contribution in [0.1, 0.15) is 59.6 Å². The second-order valence-corrected chi connectivity index (χ2v) is 9.20. The van der Waals surface area contributed by atoms with Crippen LogP contribution in [-0.4, -0.2) is 24.8 Å². The Kier molecular flexibility index (Phi) is 11.4. The Hall–Kier alpha value is -2.22. The average molecular weight is 545 g/mol. The fourth-order valence-electron chi connectivity index (χ4n) is 3.47. The van der Waals surface area contributed by atoms with Crippen LogP contribution >= 0.6 is 15.9 Å². The maximum absolute atomic E-state index is 12.9. The number of carbonyl (C=O) groups is 1. The molecule has 3 rings (SSSR count). The minimum atomic E-state index is -4.37. The first kappa shape index (κ1) is 29.8. The van der Waals surface area contributed by atoms with E-state index < -0.39 is 23.4 Å². The zero-order valence-electron chi connectivity index (χ0n) is 21.0. The van der Waals surface area contributed by atoms with Gasteiger partial charge in [-0.2, -0.15) is 13.2 Å². The van der Waals surface area contributed by atoms with E-state index in [1.807, 2.05) is 50.8 Å². The number of amides is 1. The maximum Gasteiger partial charge on any atom is 0.416 e. The smallest absolute Gasteiger partial charge is 0.416 e. The lowest BCUT2D eigenvalue weighted by molar-refractivity contribution is -0.137. The number of rotatable bonds is 3. The van der Waals surface area contributed by atoms with E-state index in [1.54, 1.807) is 20.8 Å². The van der Waals surface area contributed by atoms with Crippen molar-refractivity contribution in [3.05, 3.63) is 58.1 Å². The van der Waals surface area contributed by atoms with Gasteiger partial charge in [-0.15, -0.1) is 0 Å². The van der Waals surface area contributed by atoms with Crippen LogP contribution in [0.4, 0.5) is 29.3 Å². The fourth-order valence-corrected chi connectivity index (χ4v) is 3.98. The summed E-state index contributed by atoms with van der Waals surface area (Å²) >= 11 is 3.58. The summed E-state index contributed by atoms with van der Waals surface area (Å²) in [6.07, 6.45) is -4.13. The standard InChI is InChI=1S/C22H24BrF3N2O2.2C2H6/c1-21(2,3)30-20(29)27-12-14-11-17-18(23)5-4-6-19(17)28(13-14)16-9-7-15(8-10-16)22(24,25)26;2*1-2/h4-10,14H,11-13H2,1-3H3,(H,27,29);2*1-2H3. The Morgan fingerprint density at radius 3 is 2.18 bits per heavy atom. The second kappa shape index (κ2) is 13.0. The predicted octanol–water partition coefficient (Wildman–Crippen LogP) is 8.36. The van der Waals surface area contributed by atoms with Crippen LogP contribution < -0.4 is 10.2 Å². The number of anilines is 2. The van der Waals surface area contributed by atoms with Crippen molar-refractivity contribution in [3.8, 4) is 0 Å². The minimum absolute atomic E-state index is 0.0611. The lowest BCUT2D eigenvalue weighted by atomic mass is 9.91. The van der Waals surface area contributed by atoms with Gasteiger partial charge in [-0.05, 0) is 75.1 Å². The Labute approximate surface area is 210 Å². The largest absolute Gasteiger partial charge is 0.444 e. The van der Waals surface area contributed by atoms with E-state index in [4.69, 9.17) is 4.74 Å². The molecule has 1 heterocycles. The summed E-state index contributed by atoms with van der Waals surface area (Å²) in [6.45, 7) is 14.4. The van der Waals surface area contributed by atoms with Crippen LogP contribution in [0.2, 0.25) is 0 Å². The van der Waals surface area contributed by atoms with Crippen LogP contribution in [-0.2, 0) is 17.3 Å². The number of hydrogen-bond donors (Lipinski definition) is 1. The maximum atomic E-state index is 12.9. The molecule has 0 fully saturated rings. The van der Waals surface area contributed by atoms with Gasteiger partial charge in [-0.1, -0.05) is 49.7 Å². The summed E-state index contributed by atoms with van der Waals surface area (Å²) < 4.78 is 45.0. The third kappa shape index (κ3) is 8.53. The zero-order chi connectivity index (χ0) is 26.1. The van der Waals surface area contributed by atoms with E-state index in [2.05, 4.69) is 21.2 Å². The van der Waals surface area contributed by atoms with Gasteiger partial charge < -0.3 is 15.0 Å². The zero-order valence-corrected chi connectivity index (χ0v) is 22.6. The van der Waals surface area contributed by atoms with Crippen LogP contribution in [0.25, 0.3) is 0 Å². The topological polar surface area (TPSA) is 41.6 Å². The Balaban J connectivity index is 0.00000137. The highest BCUT2D eigenvalue weighted by Crippen LogP contribution is 2.39. The molecule has 0 saturated carbocycles. The first-order chi connectivity index (χ1) is 15.9. The highest BCUT2D eigenvalue weighted by molar-refractivity contribution is 9.10. The normalized spacial score (nSPS) is 15.1. The molecular weight excluding hydrogens is 509 g/mol. The monoisotopic (exact) mass is 544 g/mol. The van der Waals surface area contributed by atoms with Crippen LogP contribution in [0.3, 0.4) is 0 Å². The molecule has 1 aliphatic rings. The van der Waals surface area contributed by atoms with Gasteiger partial charge in [-0.25, -0.2) is 4.79 Å². The highest BCUT2D eigenvalue weighted by Gasteiger charge is 2.31. The van der Waals surface area contributed by atoms with Crippen molar-refractivity contribution in [1.82, 2.24) is 5.32 Å². The third-order valence-electron chi connectivity index (χ3n) is 4.76. The molecule has 1 amide bonds. The summed E-state index contributed by atoms with van der Waals surface area (Å²) in [5.41, 5.74) is 1.40. The summed E-state index contributed by atoms with van der Waals surface area (Å²) in [5, 5.41) is 2.81. The van der Waals surface area contributed by atoms with Crippen molar-refractivity contribution in [2.75, 3.05) is 18.0 Å². The molecular formula is C26H36BrF3N2O2. The lowest BCUT2D eigenvalue weighted by Crippen LogP contribution is -2.41. The quantitative estimate of drug-likeness (QED) is 0.422. The molecule has 190 valence electrons. The molecule has 1 unspecified atom stereocenters. The van der Waals surface area contributed by atoms with Gasteiger partial charge in [0.05, 0.1) is 5.56 Å². The van der Waals surface area contributed by atoms with Gasteiger partial charge >= 0.3 is 12.3 Å². The molecule has 8 heteroatoms. The molecule has 0 saturated heterocycles. The second-order valence-electron chi connectivity index (χ2n) is 8.35. The van der Waals surface area contributed by atoms with Gasteiger partial charge in [0.25, 0.3) is 0 Å². The molecule has 0 spiro atoms. The van der Waals surface area contributed by atoms with E-state index in [0.717, 1.165) is 34.3 Å². The number of fused-ring (bicyclic) bond motifs is 1. The lowest BCUT2D eigenvalue weighted by Gasteiger charge is -2.37. The Bertz CT molecular complexity index is 910. The number of carbonyl (C=O) groups excluding carboxylic acids is 1. The first-order valence-corrected chi connectivity index (χ1v) is 12.4. The number of nitrogens with zero attached hydrogens (tertiary/aromatic N) is 1. The first-order valence-electron chi connectivity index (χ1n) is 11.6. The van der Waals surface area contributed by atoms with Crippen molar-refractivity contribution in [2.45, 2.75) is 66.7 Å². The molecule has 0 bridgehead atoms. The molecule has 0 aliphatic carbocycles. The molecule has 1 aliphatic heterocycles. The molecule has 0 aromatic heterocycles. The van der Waals surface area contributed by atoms with E-state index in [9.17, 15) is 18.0 Å². The van der Waals surface area contributed by atoms with Gasteiger partial charge in [-0.3, -0.25) is 0 Å². The summed E-state index contributed by atoms with van der Waals surface area (Å²) in [5.74, 6) is 0.0611. The van der Waals surface area contributed by atoms with E-state index in [0.29, 0.717) is 18.8 Å². The molecule has 1 atom stereocenters. The third-order valence-corrected chi connectivity index (χ3v) is 5.50. The summed E-state index contributed by atoms with van der Waals surface area (Å²) in [4.78, 5) is 14.0. The number of ether oxygens (including phenoxy) is 1. The Morgan fingerprint density at radius 2 is 1.65 bits per heavy atom. The van der Waals surface area contributed by atoms with Crippen molar-refractivity contribution < 1.29 is 22.7 Å². The SMILES string of the molecule is CC.CC.CC(C)(C)OC(=O)NCC1Cc2c(Br)cccc2N(c2ccc(C(F)(F)F)cc2)C1. The van der Waals surface area contributed by atoms with Gasteiger partial charge in [0.1, 0.15) is 5.60 Å². The number of alkyl halides is 3. The van der Waals surface area contributed by atoms with Crippen LogP contribution in [0.5, 0.6) is 0 Å². The number of nitrogens with one attached hydrogen (secondary N) is 1. The summed E-state index contributed by atoms with van der Waals surface area (Å²) in [6, 6.07) is 10.9. The van der Waals surface area contributed by atoms with Crippen molar-refractivity contribution in [3.63, 3.8) is 0 Å². The molecule has 2 aromatic carbocycles. The molecule has 0 radical (unpaired) electrons. The molecule has 34 heavy (non-hydrogen) atoms. The van der Waals surface area contributed by atoms with Gasteiger partial charge in [0.2, 0.25) is 0 Å². The predicted molar refractivity (Wildman–Crippen MR) is 137 cm³/mol. The summed E-state index contributed by atoms with van der Waals surface area (Å²) in [7, 11) is 0. The van der Waals surface area contributed by atoms with Crippen molar-refractivity contribution >= 4 is 33.4 Å². The van der Waals surface area contributed by atoms with Crippen molar-refractivity contribution in [1.29, 1.82) is 0 Å². The number of benzene rings is 2. The van der Waals surface area contributed by atoms with Gasteiger partial charge in [0, 0.05) is 28.9 Å². The number of hydrogen-bond acceptors (Lipinski definition) is 3. The molecule has 2 aromatic rings. The van der Waals surface area contributed by atoms with E-state index >= 15 is 0 Å². The Morgan fingerprint density at radius 1 is 1.06 bits per heavy atom. The average Bonchev–Trinajstić information content (AvgIpc) is 2.79. The van der Waals surface area contributed by atoms with E-state index in [1.165, 1.54) is 12.1 Å². The highest BCUT2D eigenvalue weighted by atomic mass is 79.9. The molecule has 4 nitrogen and oxygen atoms in total. The number of alkyl carbamates (subject to hydrolysis) is 1.